The Kier molecular flexibility index (Phi) is 28.6. The van der Waals surface area contributed by atoms with Crippen molar-refractivity contribution in [2.24, 2.45) is 0 Å². The Hall–Kier alpha value is -1.11. The van der Waals surface area contributed by atoms with E-state index in [0.29, 0.717) is 6.42 Å². The predicted octanol–water partition coefficient (Wildman–Crippen LogP) is 5.97. The molecule has 1 fully saturated rings. The van der Waals surface area contributed by atoms with Crippen LogP contribution in [0.3, 0.4) is 0 Å². The van der Waals surface area contributed by atoms with E-state index in [1.54, 1.807) is 6.08 Å². The molecule has 1 amide bonds. The average molecular weight is 702 g/mol. The molecule has 1 aliphatic rings. The van der Waals surface area contributed by atoms with Gasteiger partial charge < -0.3 is 45.4 Å². The van der Waals surface area contributed by atoms with Crippen LogP contribution in [0.15, 0.2) is 12.2 Å². The van der Waals surface area contributed by atoms with Crippen LogP contribution in [-0.2, 0) is 14.3 Å². The molecule has 8 atom stereocenters. The molecule has 0 aromatic heterocycles. The molecule has 1 heterocycles. The van der Waals surface area contributed by atoms with Crippen LogP contribution in [0.5, 0.6) is 0 Å². The summed E-state index contributed by atoms with van der Waals surface area (Å²) in [5.41, 5.74) is 0. The van der Waals surface area contributed by atoms with Crippen LogP contribution in [0, 0.1) is 0 Å². The third-order valence-corrected chi connectivity index (χ3v) is 9.72. The lowest BCUT2D eigenvalue weighted by atomic mass is 9.99. The van der Waals surface area contributed by atoms with Gasteiger partial charge >= 0.3 is 0 Å². The first-order chi connectivity index (χ1) is 23.8. The maximum absolute atomic E-state index is 12.9. The SMILES string of the molecule is CCCCCCCCCCCCCCC/C=C/C(O)C(COC1OC(CO)C(O)C(O)C1O)NC(=O)C(O)CCCCCCCCCCC. The molecule has 290 valence electrons. The molecule has 0 bridgehead atoms. The first-order valence-electron chi connectivity index (χ1n) is 20.0. The van der Waals surface area contributed by atoms with Gasteiger partial charge in [-0.1, -0.05) is 161 Å². The van der Waals surface area contributed by atoms with E-state index in [1.807, 2.05) is 6.08 Å². The van der Waals surface area contributed by atoms with Gasteiger partial charge in [-0.05, 0) is 19.3 Å². The molecule has 0 saturated carbocycles. The van der Waals surface area contributed by atoms with Crippen molar-refractivity contribution in [2.75, 3.05) is 13.2 Å². The number of hydrogen-bond acceptors (Lipinski definition) is 9. The number of aliphatic hydroxyl groups excluding tert-OH is 6. The summed E-state index contributed by atoms with van der Waals surface area (Å²) in [5, 5.41) is 64.2. The molecule has 49 heavy (non-hydrogen) atoms. The Labute approximate surface area is 298 Å². The molecule has 0 aliphatic carbocycles. The molecule has 0 spiro atoms. The summed E-state index contributed by atoms with van der Waals surface area (Å²) >= 11 is 0. The summed E-state index contributed by atoms with van der Waals surface area (Å²) in [6.45, 7) is 3.55. The van der Waals surface area contributed by atoms with Crippen molar-refractivity contribution >= 4 is 5.91 Å². The molecular weight excluding hydrogens is 626 g/mol. The molecule has 8 unspecified atom stereocenters. The van der Waals surface area contributed by atoms with Gasteiger partial charge in [-0.25, -0.2) is 0 Å². The van der Waals surface area contributed by atoms with Crippen LogP contribution >= 0.6 is 0 Å². The lowest BCUT2D eigenvalue weighted by molar-refractivity contribution is -0.302. The highest BCUT2D eigenvalue weighted by Gasteiger charge is 2.44. The zero-order valence-electron chi connectivity index (χ0n) is 31.1. The average Bonchev–Trinajstić information content (AvgIpc) is 3.10. The Morgan fingerprint density at radius 1 is 0.694 bits per heavy atom. The topological polar surface area (TPSA) is 169 Å². The molecule has 10 heteroatoms. The maximum atomic E-state index is 12.9. The van der Waals surface area contributed by atoms with Crippen LogP contribution in [0.2, 0.25) is 0 Å². The van der Waals surface area contributed by atoms with Crippen molar-refractivity contribution in [2.45, 2.75) is 217 Å². The fourth-order valence-electron chi connectivity index (χ4n) is 6.34. The number of hydrogen-bond donors (Lipinski definition) is 7. The van der Waals surface area contributed by atoms with Crippen molar-refractivity contribution in [3.05, 3.63) is 12.2 Å². The number of allylic oxidation sites excluding steroid dienone is 1. The van der Waals surface area contributed by atoms with Gasteiger partial charge in [0.2, 0.25) is 5.91 Å². The van der Waals surface area contributed by atoms with Gasteiger partial charge in [0.25, 0.3) is 0 Å². The summed E-state index contributed by atoms with van der Waals surface area (Å²) in [4.78, 5) is 12.9. The summed E-state index contributed by atoms with van der Waals surface area (Å²) in [6, 6.07) is -0.972. The molecule has 1 saturated heterocycles. The normalized spacial score (nSPS) is 23.1. The molecule has 7 N–H and O–H groups in total. The van der Waals surface area contributed by atoms with E-state index in [4.69, 9.17) is 9.47 Å². The summed E-state index contributed by atoms with van der Waals surface area (Å²) in [5.74, 6) is -0.620. The Balaban J connectivity index is 2.50. The van der Waals surface area contributed by atoms with E-state index in [-0.39, 0.29) is 6.61 Å². The number of amides is 1. The van der Waals surface area contributed by atoms with E-state index < -0.39 is 61.5 Å². The smallest absolute Gasteiger partial charge is 0.249 e. The highest BCUT2D eigenvalue weighted by Crippen LogP contribution is 2.22. The van der Waals surface area contributed by atoms with Crippen LogP contribution in [-0.4, -0.2) is 98.7 Å². The number of ether oxygens (including phenoxy) is 2. The van der Waals surface area contributed by atoms with Gasteiger partial charge in [0.15, 0.2) is 6.29 Å². The summed E-state index contributed by atoms with van der Waals surface area (Å²) in [7, 11) is 0. The zero-order chi connectivity index (χ0) is 36.1. The Morgan fingerprint density at radius 3 is 1.65 bits per heavy atom. The van der Waals surface area contributed by atoms with Crippen LogP contribution in [0.1, 0.15) is 168 Å². The van der Waals surface area contributed by atoms with Crippen molar-refractivity contribution < 1.29 is 44.9 Å². The first-order valence-corrected chi connectivity index (χ1v) is 20.0. The second kappa shape index (κ2) is 30.5. The van der Waals surface area contributed by atoms with Crippen LogP contribution in [0.4, 0.5) is 0 Å². The lowest BCUT2D eigenvalue weighted by Crippen LogP contribution is -2.60. The summed E-state index contributed by atoms with van der Waals surface area (Å²) < 4.78 is 11.1. The van der Waals surface area contributed by atoms with Crippen molar-refractivity contribution in [3.8, 4) is 0 Å². The highest BCUT2D eigenvalue weighted by atomic mass is 16.7. The second-order valence-electron chi connectivity index (χ2n) is 14.2. The standard InChI is InChI=1S/C39H75NO9/c1-3-5-7-9-11-13-14-15-16-17-18-20-21-23-25-27-32(42)31(30-48-39-37(46)36(45)35(44)34(29-41)49-39)40-38(47)33(43)28-26-24-22-19-12-10-8-6-4-2/h25,27,31-37,39,41-46H,3-24,26,28-30H2,1-2H3,(H,40,47)/b27-25+. The van der Waals surface area contributed by atoms with Gasteiger partial charge in [0, 0.05) is 0 Å². The van der Waals surface area contributed by atoms with Crippen LogP contribution in [0.25, 0.3) is 0 Å². The molecule has 10 nitrogen and oxygen atoms in total. The minimum atomic E-state index is -1.60. The minimum Gasteiger partial charge on any atom is -0.394 e. The third-order valence-electron chi connectivity index (χ3n) is 9.72. The number of nitrogens with one attached hydrogen (secondary N) is 1. The van der Waals surface area contributed by atoms with E-state index >= 15 is 0 Å². The number of unbranched alkanes of at least 4 members (excludes halogenated alkanes) is 21. The fraction of sp³-hybridized carbons (Fsp3) is 0.923. The van der Waals surface area contributed by atoms with E-state index in [0.717, 1.165) is 44.9 Å². The monoisotopic (exact) mass is 702 g/mol. The molecule has 1 aliphatic heterocycles. The lowest BCUT2D eigenvalue weighted by Gasteiger charge is -2.40. The molecular formula is C39H75NO9. The van der Waals surface area contributed by atoms with E-state index in [2.05, 4.69) is 19.2 Å². The summed E-state index contributed by atoms with van der Waals surface area (Å²) in [6.07, 6.45) is 21.6. The van der Waals surface area contributed by atoms with E-state index in [1.165, 1.54) is 103 Å². The van der Waals surface area contributed by atoms with Gasteiger partial charge in [-0.3, -0.25) is 4.79 Å². The number of aliphatic hydroxyl groups is 6. The fourth-order valence-corrected chi connectivity index (χ4v) is 6.34. The van der Waals surface area contributed by atoms with Crippen molar-refractivity contribution in [3.63, 3.8) is 0 Å². The molecule has 1 rings (SSSR count). The number of rotatable bonds is 32. The molecule has 0 aromatic rings. The van der Waals surface area contributed by atoms with Crippen molar-refractivity contribution in [1.82, 2.24) is 5.32 Å². The van der Waals surface area contributed by atoms with Crippen LogP contribution < -0.4 is 5.32 Å². The van der Waals surface area contributed by atoms with Gasteiger partial charge in [-0.15, -0.1) is 0 Å². The molecule has 0 radical (unpaired) electrons. The molecule has 0 aromatic carbocycles. The number of carbonyl (C=O) groups excluding carboxylic acids is 1. The zero-order valence-corrected chi connectivity index (χ0v) is 31.1. The third kappa shape index (κ3) is 21.8. The van der Waals surface area contributed by atoms with Gasteiger partial charge in [-0.2, -0.15) is 0 Å². The quantitative estimate of drug-likeness (QED) is 0.0330. The predicted molar refractivity (Wildman–Crippen MR) is 195 cm³/mol. The second-order valence-corrected chi connectivity index (χ2v) is 14.2. The Morgan fingerprint density at radius 2 is 1.16 bits per heavy atom. The van der Waals surface area contributed by atoms with Gasteiger partial charge in [0.05, 0.1) is 25.4 Å². The van der Waals surface area contributed by atoms with Crippen molar-refractivity contribution in [1.29, 1.82) is 0 Å². The largest absolute Gasteiger partial charge is 0.394 e. The first kappa shape index (κ1) is 45.9. The maximum Gasteiger partial charge on any atom is 0.249 e. The minimum absolute atomic E-state index is 0.302. The number of carbonyl (C=O) groups is 1. The Bertz CT molecular complexity index is 798. The van der Waals surface area contributed by atoms with Gasteiger partial charge in [0.1, 0.15) is 30.5 Å². The highest BCUT2D eigenvalue weighted by molar-refractivity contribution is 5.80. The van der Waals surface area contributed by atoms with E-state index in [9.17, 15) is 35.4 Å².